The van der Waals surface area contributed by atoms with Crippen LogP contribution in [0, 0.1) is 17.1 Å². The zero-order valence-corrected chi connectivity index (χ0v) is 11.5. The van der Waals surface area contributed by atoms with Gasteiger partial charge in [0, 0.05) is 19.2 Å². The summed E-state index contributed by atoms with van der Waals surface area (Å²) < 4.78 is 13.7. The number of nitriles is 1. The average Bonchev–Trinajstić information content (AvgIpc) is 2.45. The van der Waals surface area contributed by atoms with Crippen LogP contribution < -0.4 is 10.6 Å². The van der Waals surface area contributed by atoms with Gasteiger partial charge in [0.2, 0.25) is 5.91 Å². The second-order valence-electron chi connectivity index (χ2n) is 4.54. The van der Waals surface area contributed by atoms with Crippen LogP contribution in [0.25, 0.3) is 0 Å². The minimum atomic E-state index is -0.466. The fourth-order valence-electron chi connectivity index (χ4n) is 1.89. The maximum absolute atomic E-state index is 13.7. The molecule has 0 aromatic heterocycles. The van der Waals surface area contributed by atoms with E-state index in [1.165, 1.54) is 19.1 Å². The van der Waals surface area contributed by atoms with Gasteiger partial charge in [0.05, 0.1) is 17.3 Å². The Labute approximate surface area is 122 Å². The first kappa shape index (κ1) is 14.5. The largest absolute Gasteiger partial charge is 0.379 e. The normalized spacial score (nSPS) is 9.76. The lowest BCUT2D eigenvalue weighted by atomic mass is 10.1. The van der Waals surface area contributed by atoms with Gasteiger partial charge >= 0.3 is 0 Å². The Morgan fingerprint density at radius 3 is 2.76 bits per heavy atom. The number of halogens is 1. The molecule has 0 saturated heterocycles. The van der Waals surface area contributed by atoms with E-state index in [1.54, 1.807) is 12.1 Å². The van der Waals surface area contributed by atoms with Crippen LogP contribution in [0.5, 0.6) is 0 Å². The number of anilines is 2. The van der Waals surface area contributed by atoms with Crippen LogP contribution in [0.1, 0.15) is 18.1 Å². The summed E-state index contributed by atoms with van der Waals surface area (Å²) in [5.41, 5.74) is 2.22. The van der Waals surface area contributed by atoms with Gasteiger partial charge in [-0.1, -0.05) is 12.1 Å². The quantitative estimate of drug-likeness (QED) is 0.905. The van der Waals surface area contributed by atoms with Crippen molar-refractivity contribution < 1.29 is 9.18 Å². The molecule has 0 bridgehead atoms. The number of nitrogens with one attached hydrogen (secondary N) is 2. The number of nitrogens with zero attached hydrogens (tertiary/aromatic N) is 1. The van der Waals surface area contributed by atoms with E-state index in [0.717, 1.165) is 5.56 Å². The first-order valence-corrected chi connectivity index (χ1v) is 6.38. The molecule has 0 radical (unpaired) electrons. The molecule has 0 fully saturated rings. The summed E-state index contributed by atoms with van der Waals surface area (Å²) in [7, 11) is 0. The Hall–Kier alpha value is -2.87. The molecule has 0 saturated carbocycles. The van der Waals surface area contributed by atoms with Gasteiger partial charge in [0.25, 0.3) is 0 Å². The first-order valence-electron chi connectivity index (χ1n) is 6.38. The zero-order chi connectivity index (χ0) is 15.2. The highest BCUT2D eigenvalue weighted by atomic mass is 19.1. The fraction of sp³-hybridized carbons (Fsp3) is 0.125. The molecule has 21 heavy (non-hydrogen) atoms. The van der Waals surface area contributed by atoms with E-state index in [-0.39, 0.29) is 11.5 Å². The van der Waals surface area contributed by atoms with Crippen LogP contribution in [0.2, 0.25) is 0 Å². The predicted molar refractivity (Wildman–Crippen MR) is 79.2 cm³/mol. The van der Waals surface area contributed by atoms with Crippen LogP contribution in [0.4, 0.5) is 15.8 Å². The molecular weight excluding hydrogens is 269 g/mol. The van der Waals surface area contributed by atoms with Crippen molar-refractivity contribution in [2.75, 3.05) is 10.6 Å². The van der Waals surface area contributed by atoms with Crippen LogP contribution >= 0.6 is 0 Å². The van der Waals surface area contributed by atoms with E-state index in [4.69, 9.17) is 5.26 Å². The van der Waals surface area contributed by atoms with Gasteiger partial charge < -0.3 is 10.6 Å². The predicted octanol–water partition coefficient (Wildman–Crippen LogP) is 3.27. The number of benzene rings is 2. The van der Waals surface area contributed by atoms with Crippen molar-refractivity contribution in [3.05, 3.63) is 59.4 Å². The van der Waals surface area contributed by atoms with Crippen LogP contribution in [0.15, 0.2) is 42.5 Å². The highest BCUT2D eigenvalue weighted by Crippen LogP contribution is 2.17. The molecule has 2 rings (SSSR count). The maximum Gasteiger partial charge on any atom is 0.221 e. The summed E-state index contributed by atoms with van der Waals surface area (Å²) in [4.78, 5) is 11.0. The average molecular weight is 283 g/mol. The zero-order valence-electron chi connectivity index (χ0n) is 11.5. The van der Waals surface area contributed by atoms with Crippen molar-refractivity contribution in [3.8, 4) is 6.07 Å². The number of rotatable bonds is 4. The summed E-state index contributed by atoms with van der Waals surface area (Å²) >= 11 is 0. The van der Waals surface area contributed by atoms with Crippen LogP contribution in [-0.2, 0) is 11.3 Å². The minimum Gasteiger partial charge on any atom is -0.379 e. The highest BCUT2D eigenvalue weighted by molar-refractivity contribution is 5.88. The van der Waals surface area contributed by atoms with Crippen LogP contribution in [-0.4, -0.2) is 5.91 Å². The molecule has 0 aliphatic rings. The molecule has 4 nitrogen and oxygen atoms in total. The third-order valence-corrected chi connectivity index (χ3v) is 2.83. The standard InChI is InChI=1S/C16H14FN3O/c1-11(21)20-14-4-2-3-13(7-14)10-19-16-6-5-12(9-18)8-15(16)17/h2-8,19H,10H2,1H3,(H,20,21). The maximum atomic E-state index is 13.7. The highest BCUT2D eigenvalue weighted by Gasteiger charge is 2.04. The van der Waals surface area contributed by atoms with Crippen molar-refractivity contribution >= 4 is 17.3 Å². The summed E-state index contributed by atoms with van der Waals surface area (Å²) in [6, 6.07) is 13.5. The summed E-state index contributed by atoms with van der Waals surface area (Å²) in [6.07, 6.45) is 0. The Bertz CT molecular complexity index is 707. The van der Waals surface area contributed by atoms with E-state index < -0.39 is 5.82 Å². The molecule has 0 unspecified atom stereocenters. The van der Waals surface area contributed by atoms with Gasteiger partial charge in [-0.15, -0.1) is 0 Å². The molecule has 2 aromatic rings. The lowest BCUT2D eigenvalue weighted by Crippen LogP contribution is -2.07. The van der Waals surface area contributed by atoms with E-state index in [0.29, 0.717) is 17.9 Å². The second-order valence-corrected chi connectivity index (χ2v) is 4.54. The number of carbonyl (C=O) groups is 1. The Morgan fingerprint density at radius 1 is 1.29 bits per heavy atom. The van der Waals surface area contributed by atoms with E-state index in [2.05, 4.69) is 10.6 Å². The Kier molecular flexibility index (Phi) is 4.52. The smallest absolute Gasteiger partial charge is 0.221 e. The van der Waals surface area contributed by atoms with Crippen molar-refractivity contribution in [1.82, 2.24) is 0 Å². The third kappa shape index (κ3) is 4.05. The van der Waals surface area contributed by atoms with E-state index >= 15 is 0 Å². The number of hydrogen-bond donors (Lipinski definition) is 2. The molecule has 0 heterocycles. The molecular formula is C16H14FN3O. The molecule has 2 aromatic carbocycles. The van der Waals surface area contributed by atoms with E-state index in [1.807, 2.05) is 24.3 Å². The van der Waals surface area contributed by atoms with Crippen molar-refractivity contribution in [1.29, 1.82) is 5.26 Å². The number of hydrogen-bond acceptors (Lipinski definition) is 3. The number of carbonyl (C=O) groups excluding carboxylic acids is 1. The second kappa shape index (κ2) is 6.53. The van der Waals surface area contributed by atoms with Crippen molar-refractivity contribution in [2.45, 2.75) is 13.5 Å². The summed E-state index contributed by atoms with van der Waals surface area (Å²) in [5.74, 6) is -0.606. The van der Waals surface area contributed by atoms with Crippen molar-refractivity contribution in [3.63, 3.8) is 0 Å². The molecule has 106 valence electrons. The molecule has 0 atom stereocenters. The molecule has 0 aliphatic carbocycles. The van der Waals surface area contributed by atoms with Crippen LogP contribution in [0.3, 0.4) is 0 Å². The molecule has 5 heteroatoms. The first-order chi connectivity index (χ1) is 10.1. The van der Waals surface area contributed by atoms with Gasteiger partial charge in [-0.2, -0.15) is 5.26 Å². The summed E-state index contributed by atoms with van der Waals surface area (Å²) in [6.45, 7) is 1.85. The minimum absolute atomic E-state index is 0.141. The van der Waals surface area contributed by atoms with E-state index in [9.17, 15) is 9.18 Å². The SMILES string of the molecule is CC(=O)Nc1cccc(CNc2ccc(C#N)cc2F)c1. The van der Waals surface area contributed by atoms with Gasteiger partial charge in [-0.25, -0.2) is 4.39 Å². The lowest BCUT2D eigenvalue weighted by Gasteiger charge is -2.09. The third-order valence-electron chi connectivity index (χ3n) is 2.83. The van der Waals surface area contributed by atoms with Crippen molar-refractivity contribution in [2.24, 2.45) is 0 Å². The number of amides is 1. The lowest BCUT2D eigenvalue weighted by molar-refractivity contribution is -0.114. The Balaban J connectivity index is 2.06. The topological polar surface area (TPSA) is 64.9 Å². The van der Waals surface area contributed by atoms with Gasteiger partial charge in [0.1, 0.15) is 5.82 Å². The van der Waals surface area contributed by atoms with Gasteiger partial charge in [-0.05, 0) is 35.9 Å². The van der Waals surface area contributed by atoms with Gasteiger partial charge in [0.15, 0.2) is 0 Å². The summed E-state index contributed by atoms with van der Waals surface area (Å²) in [5, 5.41) is 14.3. The monoisotopic (exact) mass is 283 g/mol. The molecule has 1 amide bonds. The Morgan fingerprint density at radius 2 is 2.10 bits per heavy atom. The fourth-order valence-corrected chi connectivity index (χ4v) is 1.89. The molecule has 2 N–H and O–H groups in total. The van der Waals surface area contributed by atoms with Gasteiger partial charge in [-0.3, -0.25) is 4.79 Å². The molecule has 0 spiro atoms. The molecule has 0 aliphatic heterocycles.